The highest BCUT2D eigenvalue weighted by atomic mass is 79.9. The molecular formula is C12H17BrN2O3S. The maximum Gasteiger partial charge on any atom is 0.253 e. The van der Waals surface area contributed by atoms with Crippen molar-refractivity contribution in [3.63, 3.8) is 0 Å². The molecule has 1 rings (SSSR count). The van der Waals surface area contributed by atoms with Gasteiger partial charge in [0.15, 0.2) is 0 Å². The summed E-state index contributed by atoms with van der Waals surface area (Å²) in [4.78, 5) is 13.9. The standard InChI is InChI=1S/C12H17BrN2O3S/c1-3-5-15(4-2)12(16)9-6-10(13)8-11(7-9)19(14,17)18/h6-8H,3-5H2,1-2H3,(H2,14,17,18). The number of benzene rings is 1. The fourth-order valence-corrected chi connectivity index (χ4v) is 2.93. The van der Waals surface area contributed by atoms with Crippen molar-refractivity contribution in [3.8, 4) is 0 Å². The van der Waals surface area contributed by atoms with Gasteiger partial charge in [0, 0.05) is 23.1 Å². The van der Waals surface area contributed by atoms with Crippen LogP contribution in [-0.4, -0.2) is 32.3 Å². The fraction of sp³-hybridized carbons (Fsp3) is 0.417. The van der Waals surface area contributed by atoms with Crippen LogP contribution in [-0.2, 0) is 10.0 Å². The van der Waals surface area contributed by atoms with Gasteiger partial charge < -0.3 is 4.90 Å². The lowest BCUT2D eigenvalue weighted by Crippen LogP contribution is -2.31. The first-order chi connectivity index (χ1) is 8.79. The zero-order chi connectivity index (χ0) is 14.6. The Balaban J connectivity index is 3.20. The number of hydrogen-bond acceptors (Lipinski definition) is 3. The molecule has 0 bridgehead atoms. The molecule has 5 nitrogen and oxygen atoms in total. The summed E-state index contributed by atoms with van der Waals surface area (Å²) in [5.74, 6) is -0.199. The molecule has 0 saturated carbocycles. The van der Waals surface area contributed by atoms with E-state index in [0.717, 1.165) is 6.42 Å². The summed E-state index contributed by atoms with van der Waals surface area (Å²) in [6.45, 7) is 5.06. The Morgan fingerprint density at radius 1 is 1.32 bits per heavy atom. The molecule has 0 spiro atoms. The molecule has 1 amide bonds. The molecule has 0 radical (unpaired) electrons. The van der Waals surface area contributed by atoms with E-state index in [4.69, 9.17) is 5.14 Å². The van der Waals surface area contributed by atoms with Gasteiger partial charge >= 0.3 is 0 Å². The van der Waals surface area contributed by atoms with Crippen LogP contribution in [0.25, 0.3) is 0 Å². The zero-order valence-corrected chi connectivity index (χ0v) is 13.3. The highest BCUT2D eigenvalue weighted by Gasteiger charge is 2.17. The average molecular weight is 349 g/mol. The molecule has 0 aliphatic rings. The Morgan fingerprint density at radius 2 is 1.95 bits per heavy atom. The van der Waals surface area contributed by atoms with Crippen molar-refractivity contribution in [2.24, 2.45) is 5.14 Å². The number of hydrogen-bond donors (Lipinski definition) is 1. The van der Waals surface area contributed by atoms with E-state index in [1.165, 1.54) is 12.1 Å². The average Bonchev–Trinajstić information content (AvgIpc) is 2.33. The minimum absolute atomic E-state index is 0.0715. The van der Waals surface area contributed by atoms with Gasteiger partial charge in [-0.3, -0.25) is 4.79 Å². The van der Waals surface area contributed by atoms with Crippen molar-refractivity contribution < 1.29 is 13.2 Å². The summed E-state index contributed by atoms with van der Waals surface area (Å²) in [6.07, 6.45) is 0.843. The van der Waals surface area contributed by atoms with E-state index in [2.05, 4.69) is 15.9 Å². The Labute approximate surface area is 122 Å². The first kappa shape index (κ1) is 16.1. The van der Waals surface area contributed by atoms with Gasteiger partial charge in [0.2, 0.25) is 10.0 Å². The highest BCUT2D eigenvalue weighted by Crippen LogP contribution is 2.20. The lowest BCUT2D eigenvalue weighted by Gasteiger charge is -2.20. The van der Waals surface area contributed by atoms with Crippen LogP contribution in [0.5, 0.6) is 0 Å². The highest BCUT2D eigenvalue weighted by molar-refractivity contribution is 9.10. The quantitative estimate of drug-likeness (QED) is 0.883. The van der Waals surface area contributed by atoms with Gasteiger partial charge in [0.25, 0.3) is 5.91 Å². The number of halogens is 1. The van der Waals surface area contributed by atoms with E-state index < -0.39 is 10.0 Å². The molecule has 1 aromatic carbocycles. The van der Waals surface area contributed by atoms with E-state index in [1.54, 1.807) is 11.0 Å². The van der Waals surface area contributed by atoms with Crippen molar-refractivity contribution in [2.45, 2.75) is 25.2 Å². The number of amides is 1. The van der Waals surface area contributed by atoms with Crippen molar-refractivity contribution in [2.75, 3.05) is 13.1 Å². The van der Waals surface area contributed by atoms with Crippen molar-refractivity contribution in [3.05, 3.63) is 28.2 Å². The van der Waals surface area contributed by atoms with Gasteiger partial charge in [-0.25, -0.2) is 13.6 Å². The second-order valence-electron chi connectivity index (χ2n) is 4.11. The number of sulfonamides is 1. The normalized spacial score (nSPS) is 11.4. The van der Waals surface area contributed by atoms with Gasteiger partial charge in [0.05, 0.1) is 4.90 Å². The number of carbonyl (C=O) groups excluding carboxylic acids is 1. The van der Waals surface area contributed by atoms with Crippen LogP contribution in [0.3, 0.4) is 0 Å². The second-order valence-corrected chi connectivity index (χ2v) is 6.58. The summed E-state index contributed by atoms with van der Waals surface area (Å²) in [7, 11) is -3.83. The zero-order valence-electron chi connectivity index (χ0n) is 10.9. The second kappa shape index (κ2) is 6.49. The lowest BCUT2D eigenvalue weighted by atomic mass is 10.2. The minimum Gasteiger partial charge on any atom is -0.339 e. The van der Waals surface area contributed by atoms with Gasteiger partial charge in [-0.15, -0.1) is 0 Å². The summed E-state index contributed by atoms with van der Waals surface area (Å²) in [5.41, 5.74) is 0.314. The SMILES string of the molecule is CCCN(CC)C(=O)c1cc(Br)cc(S(N)(=O)=O)c1. The number of nitrogens with zero attached hydrogens (tertiary/aromatic N) is 1. The van der Waals surface area contributed by atoms with E-state index in [9.17, 15) is 13.2 Å². The predicted octanol–water partition coefficient (Wildman–Crippen LogP) is 1.97. The van der Waals surface area contributed by atoms with E-state index >= 15 is 0 Å². The van der Waals surface area contributed by atoms with Gasteiger partial charge in [-0.1, -0.05) is 22.9 Å². The summed E-state index contributed by atoms with van der Waals surface area (Å²) in [5, 5.41) is 5.09. The van der Waals surface area contributed by atoms with Crippen molar-refractivity contribution in [1.82, 2.24) is 4.90 Å². The van der Waals surface area contributed by atoms with Crippen molar-refractivity contribution >= 4 is 31.9 Å². The van der Waals surface area contributed by atoms with Gasteiger partial charge in [-0.05, 0) is 31.5 Å². The van der Waals surface area contributed by atoms with Crippen LogP contribution in [0, 0.1) is 0 Å². The molecule has 0 atom stereocenters. The van der Waals surface area contributed by atoms with Crippen LogP contribution in [0.2, 0.25) is 0 Å². The lowest BCUT2D eigenvalue weighted by molar-refractivity contribution is 0.0764. The minimum atomic E-state index is -3.83. The Kier molecular flexibility index (Phi) is 5.51. The molecule has 2 N–H and O–H groups in total. The molecule has 106 valence electrons. The molecule has 19 heavy (non-hydrogen) atoms. The van der Waals surface area contributed by atoms with E-state index in [0.29, 0.717) is 23.1 Å². The van der Waals surface area contributed by atoms with Crippen molar-refractivity contribution in [1.29, 1.82) is 0 Å². The molecule has 0 fully saturated rings. The van der Waals surface area contributed by atoms with Crippen LogP contribution in [0.15, 0.2) is 27.6 Å². The number of rotatable bonds is 5. The Morgan fingerprint density at radius 3 is 2.42 bits per heavy atom. The number of primary sulfonamides is 1. The number of carbonyl (C=O) groups is 1. The molecule has 0 heterocycles. The van der Waals surface area contributed by atoms with Crippen LogP contribution >= 0.6 is 15.9 Å². The van der Waals surface area contributed by atoms with E-state index in [-0.39, 0.29) is 10.8 Å². The topological polar surface area (TPSA) is 80.5 Å². The molecule has 0 aliphatic carbocycles. The predicted molar refractivity (Wildman–Crippen MR) is 77.4 cm³/mol. The van der Waals surface area contributed by atoms with Crippen LogP contribution in [0.4, 0.5) is 0 Å². The third kappa shape index (κ3) is 4.29. The van der Waals surface area contributed by atoms with Crippen LogP contribution in [0.1, 0.15) is 30.6 Å². The summed E-state index contributed by atoms with van der Waals surface area (Å²) in [6, 6.07) is 4.28. The van der Waals surface area contributed by atoms with Gasteiger partial charge in [-0.2, -0.15) is 0 Å². The molecule has 0 unspecified atom stereocenters. The molecule has 7 heteroatoms. The molecule has 0 saturated heterocycles. The van der Waals surface area contributed by atoms with Crippen LogP contribution < -0.4 is 5.14 Å². The van der Waals surface area contributed by atoms with E-state index in [1.807, 2.05) is 13.8 Å². The molecule has 1 aromatic rings. The Hall–Kier alpha value is -0.920. The maximum atomic E-state index is 12.3. The molecular weight excluding hydrogens is 332 g/mol. The largest absolute Gasteiger partial charge is 0.339 e. The number of nitrogens with two attached hydrogens (primary N) is 1. The third-order valence-corrected chi connectivity index (χ3v) is 3.96. The fourth-order valence-electron chi connectivity index (χ4n) is 1.71. The van der Waals surface area contributed by atoms with Gasteiger partial charge in [0.1, 0.15) is 0 Å². The molecule has 0 aromatic heterocycles. The first-order valence-corrected chi connectivity index (χ1v) is 8.26. The molecule has 0 aliphatic heterocycles. The Bertz CT molecular complexity index is 572. The third-order valence-electron chi connectivity index (χ3n) is 2.61. The summed E-state index contributed by atoms with van der Waals surface area (Å²) >= 11 is 3.19. The maximum absolute atomic E-state index is 12.3. The monoisotopic (exact) mass is 348 g/mol. The first-order valence-electron chi connectivity index (χ1n) is 5.92. The smallest absolute Gasteiger partial charge is 0.253 e. The summed E-state index contributed by atoms with van der Waals surface area (Å²) < 4.78 is 23.2.